The van der Waals surface area contributed by atoms with Crippen molar-refractivity contribution < 1.29 is 0 Å². The van der Waals surface area contributed by atoms with Crippen molar-refractivity contribution in [1.82, 2.24) is 4.90 Å². The van der Waals surface area contributed by atoms with Crippen LogP contribution in [0.25, 0.3) is 0 Å². The van der Waals surface area contributed by atoms with Gasteiger partial charge in [0.05, 0.1) is 0 Å². The van der Waals surface area contributed by atoms with Crippen LogP contribution in [0.5, 0.6) is 0 Å². The molecule has 1 aromatic carbocycles. The SMILES string of the molecule is CC(C)N(C)C[C@H](C)c1ccccc1. The van der Waals surface area contributed by atoms with Crippen LogP contribution >= 0.6 is 0 Å². The molecular weight excluding hydrogens is 170 g/mol. The molecule has 0 spiro atoms. The van der Waals surface area contributed by atoms with Gasteiger partial charge in [-0.05, 0) is 32.4 Å². The molecule has 0 saturated carbocycles. The van der Waals surface area contributed by atoms with Crippen LogP contribution in [0.15, 0.2) is 30.3 Å². The molecule has 1 atom stereocenters. The molecule has 0 radical (unpaired) electrons. The highest BCUT2D eigenvalue weighted by molar-refractivity contribution is 5.18. The maximum Gasteiger partial charge on any atom is 0.00473 e. The minimum Gasteiger partial charge on any atom is -0.303 e. The molecule has 78 valence electrons. The molecule has 0 amide bonds. The second-order valence-corrected chi connectivity index (χ2v) is 4.35. The zero-order chi connectivity index (χ0) is 10.6. The highest BCUT2D eigenvalue weighted by Crippen LogP contribution is 2.16. The van der Waals surface area contributed by atoms with E-state index in [2.05, 4.69) is 63.1 Å². The summed E-state index contributed by atoms with van der Waals surface area (Å²) in [6.45, 7) is 7.88. The van der Waals surface area contributed by atoms with Gasteiger partial charge in [0.15, 0.2) is 0 Å². The third-order valence-electron chi connectivity index (χ3n) is 2.81. The molecular formula is C13H21N. The Labute approximate surface area is 87.7 Å². The van der Waals surface area contributed by atoms with Crippen LogP contribution < -0.4 is 0 Å². The van der Waals surface area contributed by atoms with E-state index in [-0.39, 0.29) is 0 Å². The Hall–Kier alpha value is -0.820. The molecule has 0 aliphatic heterocycles. The van der Waals surface area contributed by atoms with Crippen molar-refractivity contribution in [2.75, 3.05) is 13.6 Å². The number of likely N-dealkylation sites (N-methyl/N-ethyl adjacent to an activating group) is 1. The van der Waals surface area contributed by atoms with E-state index in [0.29, 0.717) is 12.0 Å². The smallest absolute Gasteiger partial charge is 0.00473 e. The summed E-state index contributed by atoms with van der Waals surface area (Å²) in [5.41, 5.74) is 1.43. The summed E-state index contributed by atoms with van der Waals surface area (Å²) in [6.07, 6.45) is 0. The van der Waals surface area contributed by atoms with E-state index < -0.39 is 0 Å². The fourth-order valence-electron chi connectivity index (χ4n) is 1.53. The molecule has 0 saturated heterocycles. The van der Waals surface area contributed by atoms with Gasteiger partial charge in [-0.25, -0.2) is 0 Å². The molecule has 1 heteroatoms. The van der Waals surface area contributed by atoms with Crippen LogP contribution in [0.1, 0.15) is 32.3 Å². The first-order valence-corrected chi connectivity index (χ1v) is 5.36. The predicted molar refractivity (Wildman–Crippen MR) is 62.6 cm³/mol. The van der Waals surface area contributed by atoms with Crippen LogP contribution in [0.3, 0.4) is 0 Å². The summed E-state index contributed by atoms with van der Waals surface area (Å²) in [7, 11) is 2.18. The van der Waals surface area contributed by atoms with Crippen LogP contribution in [-0.2, 0) is 0 Å². The Morgan fingerprint density at radius 3 is 2.14 bits per heavy atom. The number of rotatable bonds is 4. The van der Waals surface area contributed by atoms with Gasteiger partial charge in [-0.15, -0.1) is 0 Å². The molecule has 0 heterocycles. The van der Waals surface area contributed by atoms with Gasteiger partial charge in [-0.3, -0.25) is 0 Å². The van der Waals surface area contributed by atoms with E-state index in [1.807, 2.05) is 0 Å². The highest BCUT2D eigenvalue weighted by atomic mass is 15.1. The average Bonchev–Trinajstić information content (AvgIpc) is 2.19. The summed E-state index contributed by atoms with van der Waals surface area (Å²) in [6, 6.07) is 11.3. The molecule has 0 unspecified atom stereocenters. The van der Waals surface area contributed by atoms with E-state index >= 15 is 0 Å². The van der Waals surface area contributed by atoms with Crippen molar-refractivity contribution in [3.63, 3.8) is 0 Å². The summed E-state index contributed by atoms with van der Waals surface area (Å²) in [4.78, 5) is 2.39. The fraction of sp³-hybridized carbons (Fsp3) is 0.538. The predicted octanol–water partition coefficient (Wildman–Crippen LogP) is 3.13. The molecule has 1 nitrogen and oxygen atoms in total. The number of hydrogen-bond donors (Lipinski definition) is 0. The second kappa shape index (κ2) is 5.16. The maximum absolute atomic E-state index is 2.39. The Kier molecular flexibility index (Phi) is 4.15. The molecule has 0 aliphatic rings. The largest absolute Gasteiger partial charge is 0.303 e. The monoisotopic (exact) mass is 191 g/mol. The first kappa shape index (κ1) is 11.3. The molecule has 0 fully saturated rings. The van der Waals surface area contributed by atoms with Crippen molar-refractivity contribution >= 4 is 0 Å². The number of hydrogen-bond acceptors (Lipinski definition) is 1. The summed E-state index contributed by atoms with van der Waals surface area (Å²) in [5, 5.41) is 0. The molecule has 1 aromatic rings. The van der Waals surface area contributed by atoms with Crippen LogP contribution in [-0.4, -0.2) is 24.5 Å². The Morgan fingerprint density at radius 1 is 1.07 bits per heavy atom. The minimum atomic E-state index is 0.614. The Morgan fingerprint density at radius 2 is 1.64 bits per heavy atom. The van der Waals surface area contributed by atoms with E-state index in [1.165, 1.54) is 5.56 Å². The van der Waals surface area contributed by atoms with Gasteiger partial charge in [0, 0.05) is 12.6 Å². The summed E-state index contributed by atoms with van der Waals surface area (Å²) >= 11 is 0. The van der Waals surface area contributed by atoms with Gasteiger partial charge in [0.1, 0.15) is 0 Å². The fourth-order valence-corrected chi connectivity index (χ4v) is 1.53. The van der Waals surface area contributed by atoms with Crippen LogP contribution in [0, 0.1) is 0 Å². The lowest BCUT2D eigenvalue weighted by atomic mass is 10.0. The summed E-state index contributed by atoms with van der Waals surface area (Å²) in [5.74, 6) is 0.614. The van der Waals surface area contributed by atoms with Crippen molar-refractivity contribution in [3.05, 3.63) is 35.9 Å². The maximum atomic E-state index is 2.39. The molecule has 0 N–H and O–H groups in total. The normalized spacial score (nSPS) is 13.6. The van der Waals surface area contributed by atoms with Gasteiger partial charge in [0.25, 0.3) is 0 Å². The van der Waals surface area contributed by atoms with Crippen molar-refractivity contribution in [3.8, 4) is 0 Å². The quantitative estimate of drug-likeness (QED) is 0.706. The number of benzene rings is 1. The summed E-state index contributed by atoms with van der Waals surface area (Å²) < 4.78 is 0. The topological polar surface area (TPSA) is 3.24 Å². The van der Waals surface area contributed by atoms with Crippen molar-refractivity contribution in [2.24, 2.45) is 0 Å². The zero-order valence-electron chi connectivity index (χ0n) is 9.70. The molecule has 0 aromatic heterocycles. The van der Waals surface area contributed by atoms with Gasteiger partial charge in [-0.1, -0.05) is 37.3 Å². The van der Waals surface area contributed by atoms with Crippen LogP contribution in [0.2, 0.25) is 0 Å². The minimum absolute atomic E-state index is 0.614. The molecule has 0 aliphatic carbocycles. The van der Waals surface area contributed by atoms with Crippen molar-refractivity contribution in [2.45, 2.75) is 32.7 Å². The van der Waals surface area contributed by atoms with Crippen LogP contribution in [0.4, 0.5) is 0 Å². The molecule has 1 rings (SSSR count). The first-order valence-electron chi connectivity index (χ1n) is 5.36. The van der Waals surface area contributed by atoms with E-state index in [4.69, 9.17) is 0 Å². The van der Waals surface area contributed by atoms with Gasteiger partial charge in [0.2, 0.25) is 0 Å². The first-order chi connectivity index (χ1) is 6.61. The third kappa shape index (κ3) is 3.15. The third-order valence-corrected chi connectivity index (χ3v) is 2.81. The molecule has 0 bridgehead atoms. The average molecular weight is 191 g/mol. The highest BCUT2D eigenvalue weighted by Gasteiger charge is 2.10. The van der Waals surface area contributed by atoms with Crippen molar-refractivity contribution in [1.29, 1.82) is 0 Å². The van der Waals surface area contributed by atoms with E-state index in [0.717, 1.165) is 6.54 Å². The lowest BCUT2D eigenvalue weighted by Gasteiger charge is -2.25. The lowest BCUT2D eigenvalue weighted by Crippen LogP contribution is -2.29. The lowest BCUT2D eigenvalue weighted by molar-refractivity contribution is 0.261. The Bertz CT molecular complexity index is 253. The van der Waals surface area contributed by atoms with Gasteiger partial charge < -0.3 is 4.90 Å². The van der Waals surface area contributed by atoms with E-state index in [1.54, 1.807) is 0 Å². The molecule has 14 heavy (non-hydrogen) atoms. The zero-order valence-corrected chi connectivity index (χ0v) is 9.70. The second-order valence-electron chi connectivity index (χ2n) is 4.35. The standard InChI is InChI=1S/C13H21N/c1-11(2)14(4)10-12(3)13-8-6-5-7-9-13/h5-9,11-12H,10H2,1-4H3/t12-/m0/s1. The number of nitrogens with zero attached hydrogens (tertiary/aromatic N) is 1. The van der Waals surface area contributed by atoms with Gasteiger partial charge >= 0.3 is 0 Å². The van der Waals surface area contributed by atoms with E-state index in [9.17, 15) is 0 Å². The van der Waals surface area contributed by atoms with Gasteiger partial charge in [-0.2, -0.15) is 0 Å². The Balaban J connectivity index is 2.55.